The maximum absolute atomic E-state index is 13.5. The first-order valence-electron chi connectivity index (χ1n) is 13.4. The molecule has 204 valence electrons. The Morgan fingerprint density at radius 1 is 0.947 bits per heavy atom. The highest BCUT2D eigenvalue weighted by Gasteiger charge is 2.31. The van der Waals surface area contributed by atoms with Crippen LogP contribution in [0.5, 0.6) is 11.5 Å². The van der Waals surface area contributed by atoms with Crippen molar-refractivity contribution >= 4 is 23.6 Å². The molecular weight excluding hydrogens is 502 g/mol. The second-order valence-corrected chi connectivity index (χ2v) is 11.1. The third-order valence-corrected chi connectivity index (χ3v) is 8.91. The van der Waals surface area contributed by atoms with Crippen LogP contribution in [0.2, 0.25) is 0 Å². The fourth-order valence-electron chi connectivity index (χ4n) is 5.26. The van der Waals surface area contributed by atoms with Crippen molar-refractivity contribution in [2.75, 3.05) is 73.1 Å². The fraction of sp³-hybridized carbons (Fsp3) is 0.536. The van der Waals surface area contributed by atoms with Crippen molar-refractivity contribution < 1.29 is 19.1 Å². The quantitative estimate of drug-likeness (QED) is 0.507. The topological polar surface area (TPSA) is 78.4 Å². The molecule has 0 atom stereocenters. The largest absolute Gasteiger partial charge is 0.497 e. The maximum Gasteiger partial charge on any atom is 0.256 e. The summed E-state index contributed by atoms with van der Waals surface area (Å²) in [5.41, 5.74) is 0.566. The second kappa shape index (κ2) is 12.4. The zero-order valence-corrected chi connectivity index (χ0v) is 23.1. The Bertz CT molecular complexity index is 1130. The van der Waals surface area contributed by atoms with Crippen LogP contribution in [0.15, 0.2) is 46.5 Å². The standard InChI is InChI=1S/C28H37N5O4S/c1-36-22-8-9-24(37-2)25(19-22)38-27-23(7-4-10-29-27)28(35)33-13-11-30(12-14-33)20-26(34)32-17-15-31(16-18-32)21-5-3-6-21/h4,7-10,19,21H,3,5-6,11-18,20H2,1-2H3. The van der Waals surface area contributed by atoms with Crippen LogP contribution in [-0.2, 0) is 4.79 Å². The molecule has 3 fully saturated rings. The van der Waals surface area contributed by atoms with E-state index in [9.17, 15) is 9.59 Å². The molecular formula is C28H37N5O4S. The van der Waals surface area contributed by atoms with Gasteiger partial charge < -0.3 is 19.3 Å². The number of amides is 2. The van der Waals surface area contributed by atoms with Crippen LogP contribution >= 0.6 is 11.8 Å². The Kier molecular flexibility index (Phi) is 8.71. The molecule has 38 heavy (non-hydrogen) atoms. The Labute approximate surface area is 229 Å². The van der Waals surface area contributed by atoms with E-state index in [1.54, 1.807) is 26.5 Å². The number of benzene rings is 1. The van der Waals surface area contributed by atoms with Crippen molar-refractivity contribution in [1.29, 1.82) is 0 Å². The van der Waals surface area contributed by atoms with Crippen LogP contribution in [0.25, 0.3) is 0 Å². The minimum absolute atomic E-state index is 0.0412. The molecule has 1 saturated carbocycles. The summed E-state index contributed by atoms with van der Waals surface area (Å²) in [7, 11) is 3.24. The summed E-state index contributed by atoms with van der Waals surface area (Å²) in [5.74, 6) is 1.57. The molecule has 9 nitrogen and oxygen atoms in total. The van der Waals surface area contributed by atoms with E-state index in [1.165, 1.54) is 31.0 Å². The fourth-order valence-corrected chi connectivity index (χ4v) is 6.28. The number of rotatable bonds is 8. The molecule has 1 aliphatic carbocycles. The molecule has 5 rings (SSSR count). The van der Waals surface area contributed by atoms with E-state index < -0.39 is 0 Å². The van der Waals surface area contributed by atoms with Gasteiger partial charge in [-0.15, -0.1) is 0 Å². The van der Waals surface area contributed by atoms with Crippen LogP contribution in [0.3, 0.4) is 0 Å². The molecule has 0 radical (unpaired) electrons. The molecule has 2 aliphatic heterocycles. The van der Waals surface area contributed by atoms with Gasteiger partial charge in [0.2, 0.25) is 5.91 Å². The molecule has 2 amide bonds. The van der Waals surface area contributed by atoms with Crippen molar-refractivity contribution in [2.24, 2.45) is 0 Å². The van der Waals surface area contributed by atoms with Gasteiger partial charge in [0.05, 0.1) is 31.2 Å². The van der Waals surface area contributed by atoms with E-state index >= 15 is 0 Å². The zero-order valence-electron chi connectivity index (χ0n) is 22.3. The minimum Gasteiger partial charge on any atom is -0.497 e. The number of piperazine rings is 2. The van der Waals surface area contributed by atoms with Gasteiger partial charge in [-0.25, -0.2) is 4.98 Å². The highest BCUT2D eigenvalue weighted by molar-refractivity contribution is 7.99. The second-order valence-electron chi connectivity index (χ2n) is 10.0. The summed E-state index contributed by atoms with van der Waals surface area (Å²) < 4.78 is 10.9. The number of hydrogen-bond acceptors (Lipinski definition) is 8. The molecule has 0 bridgehead atoms. The number of methoxy groups -OCH3 is 2. The molecule has 2 saturated heterocycles. The van der Waals surface area contributed by atoms with Crippen molar-refractivity contribution in [3.63, 3.8) is 0 Å². The van der Waals surface area contributed by atoms with Gasteiger partial charge in [0.25, 0.3) is 5.91 Å². The predicted octanol–water partition coefficient (Wildman–Crippen LogP) is 2.70. The normalized spacial score (nSPS) is 19.2. The molecule has 0 N–H and O–H groups in total. The lowest BCUT2D eigenvalue weighted by Gasteiger charge is -2.43. The van der Waals surface area contributed by atoms with Crippen molar-refractivity contribution in [1.82, 2.24) is 24.6 Å². The maximum atomic E-state index is 13.5. The van der Waals surface area contributed by atoms with Crippen LogP contribution in [0.1, 0.15) is 29.6 Å². The summed E-state index contributed by atoms with van der Waals surface area (Å²) in [6.45, 7) is 6.61. The summed E-state index contributed by atoms with van der Waals surface area (Å²) in [6, 6.07) is 9.93. The van der Waals surface area contributed by atoms with Gasteiger partial charge in [-0.3, -0.25) is 19.4 Å². The van der Waals surface area contributed by atoms with E-state index in [0.717, 1.165) is 37.1 Å². The average Bonchev–Trinajstić information content (AvgIpc) is 2.93. The van der Waals surface area contributed by atoms with Crippen LogP contribution < -0.4 is 9.47 Å². The van der Waals surface area contributed by atoms with E-state index in [2.05, 4.69) is 14.8 Å². The number of carbonyl (C=O) groups is 2. The molecule has 0 spiro atoms. The first-order chi connectivity index (χ1) is 18.6. The van der Waals surface area contributed by atoms with Crippen LogP contribution in [0.4, 0.5) is 0 Å². The molecule has 3 heterocycles. The highest BCUT2D eigenvalue weighted by Crippen LogP contribution is 2.38. The van der Waals surface area contributed by atoms with E-state index in [-0.39, 0.29) is 11.8 Å². The Morgan fingerprint density at radius 3 is 2.34 bits per heavy atom. The van der Waals surface area contributed by atoms with Crippen molar-refractivity contribution in [3.8, 4) is 11.5 Å². The minimum atomic E-state index is -0.0412. The summed E-state index contributed by atoms with van der Waals surface area (Å²) >= 11 is 1.39. The summed E-state index contributed by atoms with van der Waals surface area (Å²) in [4.78, 5) is 40.4. The van der Waals surface area contributed by atoms with Gasteiger partial charge in [0, 0.05) is 64.6 Å². The predicted molar refractivity (Wildman–Crippen MR) is 146 cm³/mol. The molecule has 10 heteroatoms. The van der Waals surface area contributed by atoms with Gasteiger partial charge in [-0.05, 0) is 43.2 Å². The van der Waals surface area contributed by atoms with Gasteiger partial charge in [0.15, 0.2) is 0 Å². The van der Waals surface area contributed by atoms with Crippen molar-refractivity contribution in [2.45, 2.75) is 35.2 Å². The van der Waals surface area contributed by atoms with Crippen LogP contribution in [-0.4, -0.2) is 116 Å². The zero-order chi connectivity index (χ0) is 26.5. The summed E-state index contributed by atoms with van der Waals surface area (Å²) in [5, 5.41) is 0.628. The van der Waals surface area contributed by atoms with Gasteiger partial charge in [-0.1, -0.05) is 18.2 Å². The van der Waals surface area contributed by atoms with Crippen molar-refractivity contribution in [3.05, 3.63) is 42.1 Å². The third-order valence-electron chi connectivity index (χ3n) is 7.86. The van der Waals surface area contributed by atoms with E-state index in [0.29, 0.717) is 54.8 Å². The number of aromatic nitrogens is 1. The van der Waals surface area contributed by atoms with E-state index in [1.807, 2.05) is 34.1 Å². The first-order valence-corrected chi connectivity index (χ1v) is 14.3. The number of carbonyl (C=O) groups excluding carboxylic acids is 2. The number of nitrogens with zero attached hydrogens (tertiary/aromatic N) is 5. The smallest absolute Gasteiger partial charge is 0.256 e. The first kappa shape index (κ1) is 26.8. The molecule has 2 aromatic rings. The lowest BCUT2D eigenvalue weighted by atomic mass is 9.91. The number of pyridine rings is 1. The SMILES string of the molecule is COc1ccc(OC)c(Sc2ncccc2C(=O)N2CCN(CC(=O)N3CCN(C4CCC4)CC3)CC2)c1. The number of ether oxygens (including phenoxy) is 2. The van der Waals surface area contributed by atoms with Gasteiger partial charge >= 0.3 is 0 Å². The molecule has 0 unspecified atom stereocenters. The molecule has 3 aliphatic rings. The highest BCUT2D eigenvalue weighted by atomic mass is 32.2. The Balaban J connectivity index is 1.15. The monoisotopic (exact) mass is 539 g/mol. The van der Waals surface area contributed by atoms with Gasteiger partial charge in [0.1, 0.15) is 16.5 Å². The van der Waals surface area contributed by atoms with E-state index in [4.69, 9.17) is 9.47 Å². The van der Waals surface area contributed by atoms with Gasteiger partial charge in [-0.2, -0.15) is 0 Å². The third kappa shape index (κ3) is 6.08. The lowest BCUT2D eigenvalue weighted by molar-refractivity contribution is -0.135. The lowest BCUT2D eigenvalue weighted by Crippen LogP contribution is -2.56. The molecule has 1 aromatic heterocycles. The Morgan fingerprint density at radius 2 is 1.68 bits per heavy atom. The number of hydrogen-bond donors (Lipinski definition) is 0. The Hall–Kier alpha value is -2.82. The molecule has 1 aromatic carbocycles. The average molecular weight is 540 g/mol. The van der Waals surface area contributed by atoms with Crippen LogP contribution in [0, 0.1) is 0 Å². The summed E-state index contributed by atoms with van der Waals surface area (Å²) in [6.07, 6.45) is 5.66.